The summed E-state index contributed by atoms with van der Waals surface area (Å²) < 4.78 is 15.5. The molecule has 1 aromatic heterocycles. The van der Waals surface area contributed by atoms with Crippen LogP contribution < -0.4 is 4.74 Å². The second kappa shape index (κ2) is 9.82. The van der Waals surface area contributed by atoms with Crippen LogP contribution in [-0.4, -0.2) is 29.8 Å². The Morgan fingerprint density at radius 2 is 1.91 bits per heavy atom. The van der Waals surface area contributed by atoms with Crippen molar-refractivity contribution in [3.63, 3.8) is 0 Å². The van der Waals surface area contributed by atoms with Gasteiger partial charge in [-0.05, 0) is 24.5 Å². The predicted molar refractivity (Wildman–Crippen MR) is 85.1 cm³/mol. The van der Waals surface area contributed by atoms with E-state index in [1.165, 1.54) is 19.2 Å². The normalized spacial score (nSPS) is 11.9. The molecule has 1 atom stereocenters. The molecule has 0 bridgehead atoms. The minimum absolute atomic E-state index is 0.139. The molecule has 1 unspecified atom stereocenters. The van der Waals surface area contributed by atoms with Crippen molar-refractivity contribution >= 4 is 11.9 Å². The number of hydrogen-bond donors (Lipinski definition) is 0. The van der Waals surface area contributed by atoms with Crippen molar-refractivity contribution in [3.8, 4) is 5.75 Å². The van der Waals surface area contributed by atoms with Crippen LogP contribution in [0.3, 0.4) is 0 Å². The number of unbranched alkanes of at least 4 members (excludes halogenated alkanes) is 1. The van der Waals surface area contributed by atoms with Gasteiger partial charge in [-0.3, -0.25) is 4.79 Å². The molecular weight excluding hydrogens is 298 g/mol. The summed E-state index contributed by atoms with van der Waals surface area (Å²) in [6.45, 7) is 8.01. The third kappa shape index (κ3) is 7.63. The van der Waals surface area contributed by atoms with E-state index in [0.29, 0.717) is 12.4 Å². The van der Waals surface area contributed by atoms with E-state index >= 15 is 0 Å². The Kier molecular flexibility index (Phi) is 8.08. The van der Waals surface area contributed by atoms with Crippen molar-refractivity contribution in [2.24, 2.45) is 5.92 Å². The lowest BCUT2D eigenvalue weighted by Gasteiger charge is -2.14. The number of pyridine rings is 1. The SMILES string of the molecule is CCCCOc1ccc(C(=O)OC(C)OC(=O)CC(C)C)nc1. The van der Waals surface area contributed by atoms with Crippen molar-refractivity contribution in [3.05, 3.63) is 24.0 Å². The van der Waals surface area contributed by atoms with E-state index in [-0.39, 0.29) is 18.0 Å². The first-order chi connectivity index (χ1) is 10.9. The Hall–Kier alpha value is -2.11. The van der Waals surface area contributed by atoms with Crippen LogP contribution in [0, 0.1) is 5.92 Å². The molecular formula is C17H25NO5. The van der Waals surface area contributed by atoms with Gasteiger partial charge >= 0.3 is 11.9 Å². The van der Waals surface area contributed by atoms with Crippen LogP contribution in [0.1, 0.15) is 57.4 Å². The summed E-state index contributed by atoms with van der Waals surface area (Å²) in [6, 6.07) is 3.18. The topological polar surface area (TPSA) is 74.7 Å². The smallest absolute Gasteiger partial charge is 0.359 e. The Labute approximate surface area is 137 Å². The van der Waals surface area contributed by atoms with E-state index in [1.54, 1.807) is 6.07 Å². The van der Waals surface area contributed by atoms with Gasteiger partial charge in [-0.1, -0.05) is 27.2 Å². The lowest BCUT2D eigenvalue weighted by atomic mass is 10.1. The van der Waals surface area contributed by atoms with E-state index in [1.807, 2.05) is 13.8 Å². The van der Waals surface area contributed by atoms with Gasteiger partial charge < -0.3 is 14.2 Å². The molecule has 128 valence electrons. The Balaban J connectivity index is 2.46. The summed E-state index contributed by atoms with van der Waals surface area (Å²) in [6.07, 6.45) is 2.82. The molecule has 0 radical (unpaired) electrons. The number of aromatic nitrogens is 1. The van der Waals surface area contributed by atoms with Crippen molar-refractivity contribution in [1.29, 1.82) is 0 Å². The quantitative estimate of drug-likeness (QED) is 0.394. The zero-order valence-electron chi connectivity index (χ0n) is 14.2. The zero-order valence-corrected chi connectivity index (χ0v) is 14.2. The van der Waals surface area contributed by atoms with Gasteiger partial charge in [0.15, 0.2) is 0 Å². The van der Waals surface area contributed by atoms with Crippen molar-refractivity contribution < 1.29 is 23.8 Å². The highest BCUT2D eigenvalue weighted by Gasteiger charge is 2.17. The van der Waals surface area contributed by atoms with Gasteiger partial charge in [0.2, 0.25) is 6.29 Å². The first kappa shape index (κ1) is 18.9. The van der Waals surface area contributed by atoms with Crippen LogP contribution in [0.4, 0.5) is 0 Å². The van der Waals surface area contributed by atoms with Crippen LogP contribution in [0.5, 0.6) is 5.75 Å². The number of hydrogen-bond acceptors (Lipinski definition) is 6. The third-order valence-corrected chi connectivity index (χ3v) is 2.86. The van der Waals surface area contributed by atoms with E-state index in [0.717, 1.165) is 12.8 Å². The van der Waals surface area contributed by atoms with Gasteiger partial charge in [0, 0.05) is 13.3 Å². The average Bonchev–Trinajstić information content (AvgIpc) is 2.47. The number of carbonyl (C=O) groups is 2. The van der Waals surface area contributed by atoms with Gasteiger partial charge in [0.05, 0.1) is 12.8 Å². The number of ether oxygens (including phenoxy) is 3. The van der Waals surface area contributed by atoms with E-state index in [2.05, 4.69) is 11.9 Å². The molecule has 1 heterocycles. The molecule has 0 fully saturated rings. The highest BCUT2D eigenvalue weighted by atomic mass is 16.7. The first-order valence-corrected chi connectivity index (χ1v) is 7.91. The van der Waals surface area contributed by atoms with Gasteiger partial charge in [-0.15, -0.1) is 0 Å². The molecule has 0 saturated carbocycles. The van der Waals surface area contributed by atoms with Crippen molar-refractivity contribution in [1.82, 2.24) is 4.98 Å². The molecule has 0 aliphatic rings. The van der Waals surface area contributed by atoms with Crippen LogP contribution in [0.15, 0.2) is 18.3 Å². The zero-order chi connectivity index (χ0) is 17.2. The fraction of sp³-hybridized carbons (Fsp3) is 0.588. The standard InChI is InChI=1S/C17H25NO5/c1-5-6-9-21-14-7-8-15(18-11-14)17(20)23-13(4)22-16(19)10-12(2)3/h7-8,11-13H,5-6,9-10H2,1-4H3. The largest absolute Gasteiger partial charge is 0.492 e. The van der Waals surface area contributed by atoms with Gasteiger partial charge in [-0.25, -0.2) is 9.78 Å². The summed E-state index contributed by atoms with van der Waals surface area (Å²) >= 11 is 0. The number of rotatable bonds is 9. The minimum atomic E-state index is -0.948. The second-order valence-corrected chi connectivity index (χ2v) is 5.64. The monoisotopic (exact) mass is 323 g/mol. The fourth-order valence-corrected chi connectivity index (χ4v) is 1.72. The van der Waals surface area contributed by atoms with Gasteiger partial charge in [0.25, 0.3) is 0 Å². The molecule has 0 aromatic carbocycles. The third-order valence-electron chi connectivity index (χ3n) is 2.86. The Morgan fingerprint density at radius 1 is 1.17 bits per heavy atom. The summed E-state index contributed by atoms with van der Waals surface area (Å²) in [4.78, 5) is 27.4. The maximum absolute atomic E-state index is 11.9. The molecule has 0 N–H and O–H groups in total. The summed E-state index contributed by atoms with van der Waals surface area (Å²) in [7, 11) is 0. The van der Waals surface area contributed by atoms with Crippen LogP contribution in [0.25, 0.3) is 0 Å². The molecule has 1 aromatic rings. The Bertz CT molecular complexity index is 498. The number of carbonyl (C=O) groups excluding carboxylic acids is 2. The molecule has 6 heteroatoms. The van der Waals surface area contributed by atoms with E-state index in [9.17, 15) is 9.59 Å². The molecule has 23 heavy (non-hydrogen) atoms. The summed E-state index contributed by atoms with van der Waals surface area (Å²) in [5, 5.41) is 0. The highest BCUT2D eigenvalue weighted by molar-refractivity contribution is 5.87. The fourth-order valence-electron chi connectivity index (χ4n) is 1.72. The van der Waals surface area contributed by atoms with Gasteiger partial charge in [0.1, 0.15) is 11.4 Å². The average molecular weight is 323 g/mol. The Morgan fingerprint density at radius 3 is 2.48 bits per heavy atom. The predicted octanol–water partition coefficient (Wildman–Crippen LogP) is 3.35. The number of esters is 2. The number of nitrogens with zero attached hydrogens (tertiary/aromatic N) is 1. The van der Waals surface area contributed by atoms with Crippen LogP contribution in [0.2, 0.25) is 0 Å². The molecule has 1 rings (SSSR count). The maximum Gasteiger partial charge on any atom is 0.359 e. The van der Waals surface area contributed by atoms with Crippen LogP contribution in [-0.2, 0) is 14.3 Å². The maximum atomic E-state index is 11.9. The minimum Gasteiger partial charge on any atom is -0.492 e. The van der Waals surface area contributed by atoms with E-state index < -0.39 is 18.2 Å². The lowest BCUT2D eigenvalue weighted by molar-refractivity contribution is -0.166. The molecule has 0 amide bonds. The van der Waals surface area contributed by atoms with Crippen molar-refractivity contribution in [2.45, 2.75) is 53.2 Å². The first-order valence-electron chi connectivity index (χ1n) is 7.91. The molecule has 0 saturated heterocycles. The second-order valence-electron chi connectivity index (χ2n) is 5.64. The molecule has 0 aliphatic heterocycles. The van der Waals surface area contributed by atoms with Crippen molar-refractivity contribution in [2.75, 3.05) is 6.61 Å². The summed E-state index contributed by atoms with van der Waals surface area (Å²) in [5.41, 5.74) is 0.139. The molecule has 0 aliphatic carbocycles. The van der Waals surface area contributed by atoms with E-state index in [4.69, 9.17) is 14.2 Å². The lowest BCUT2D eigenvalue weighted by Crippen LogP contribution is -2.23. The summed E-state index contributed by atoms with van der Waals surface area (Å²) in [5.74, 6) is -0.249. The molecule has 0 spiro atoms. The highest BCUT2D eigenvalue weighted by Crippen LogP contribution is 2.12. The molecule has 6 nitrogen and oxygen atoms in total. The van der Waals surface area contributed by atoms with Crippen LogP contribution >= 0.6 is 0 Å². The van der Waals surface area contributed by atoms with Gasteiger partial charge in [-0.2, -0.15) is 0 Å².